The number of methoxy groups -OCH3 is 1. The minimum atomic E-state index is -0.460. The van der Waals surface area contributed by atoms with E-state index in [2.05, 4.69) is 28.2 Å². The maximum atomic E-state index is 13.2. The molecule has 0 saturated heterocycles. The average Bonchev–Trinajstić information content (AvgIpc) is 3.04. The number of hydrogen-bond acceptors (Lipinski definition) is 4. The second-order valence-electron chi connectivity index (χ2n) is 6.26. The van der Waals surface area contributed by atoms with Gasteiger partial charge in [0.05, 0.1) is 18.6 Å². The molecule has 5 heteroatoms. The van der Waals surface area contributed by atoms with Crippen LogP contribution in [-0.4, -0.2) is 13.0 Å². The fourth-order valence-corrected chi connectivity index (χ4v) is 4.76. The van der Waals surface area contributed by atoms with Gasteiger partial charge >= 0.3 is 0 Å². The predicted molar refractivity (Wildman–Crippen MR) is 103 cm³/mol. The monoisotopic (exact) mass is 369 g/mol. The Morgan fingerprint density at radius 3 is 2.64 bits per heavy atom. The van der Waals surface area contributed by atoms with Gasteiger partial charge in [-0.3, -0.25) is 4.79 Å². The molecule has 1 saturated carbocycles. The fraction of sp³-hybridized carbons (Fsp3) is 0.250. The lowest BCUT2D eigenvalue weighted by molar-refractivity contribution is -0.124. The van der Waals surface area contributed by atoms with Gasteiger partial charge < -0.3 is 10.1 Å². The van der Waals surface area contributed by atoms with Gasteiger partial charge in [0, 0.05) is 10.4 Å². The van der Waals surface area contributed by atoms with E-state index in [1.807, 2.05) is 35.7 Å². The molecule has 0 spiro atoms. The van der Waals surface area contributed by atoms with Crippen molar-refractivity contribution < 1.29 is 9.53 Å². The molecule has 25 heavy (non-hydrogen) atoms. The number of hydrogen-bond donors (Lipinski definition) is 1. The lowest BCUT2D eigenvalue weighted by Gasteiger charge is -2.23. The van der Waals surface area contributed by atoms with E-state index in [0.29, 0.717) is 0 Å². The third-order valence-electron chi connectivity index (χ3n) is 4.79. The summed E-state index contributed by atoms with van der Waals surface area (Å²) in [6, 6.07) is 13.9. The van der Waals surface area contributed by atoms with Crippen molar-refractivity contribution >= 4 is 28.6 Å². The SMILES string of the molecule is COc1ccccc1C1(C(=O)N[C@@H](c2ccsc2)c2cccs2)CC1. The Kier molecular flexibility index (Phi) is 4.36. The number of ether oxygens (including phenoxy) is 1. The summed E-state index contributed by atoms with van der Waals surface area (Å²) < 4.78 is 5.50. The number of benzene rings is 1. The van der Waals surface area contributed by atoms with Crippen LogP contribution in [0.25, 0.3) is 0 Å². The number of carbonyl (C=O) groups is 1. The smallest absolute Gasteiger partial charge is 0.231 e. The van der Waals surface area contributed by atoms with Gasteiger partial charge in [0.15, 0.2) is 0 Å². The molecule has 0 bridgehead atoms. The minimum Gasteiger partial charge on any atom is -0.496 e. The molecule has 1 aliphatic rings. The largest absolute Gasteiger partial charge is 0.496 e. The Bertz CT molecular complexity index is 817. The number of carbonyl (C=O) groups excluding carboxylic acids is 1. The summed E-state index contributed by atoms with van der Waals surface area (Å²) in [4.78, 5) is 14.4. The van der Waals surface area contributed by atoms with Crippen molar-refractivity contribution in [1.82, 2.24) is 5.32 Å². The lowest BCUT2D eigenvalue weighted by Crippen LogP contribution is -2.37. The normalized spacial score (nSPS) is 16.2. The van der Waals surface area contributed by atoms with Gasteiger partial charge in [0.25, 0.3) is 0 Å². The Morgan fingerprint density at radius 1 is 1.16 bits per heavy atom. The zero-order valence-electron chi connectivity index (χ0n) is 13.9. The summed E-state index contributed by atoms with van der Waals surface area (Å²) in [5.74, 6) is 0.875. The lowest BCUT2D eigenvalue weighted by atomic mass is 9.93. The number of nitrogens with one attached hydrogen (secondary N) is 1. The standard InChI is InChI=1S/C20H19NO2S2/c1-23-16-6-3-2-5-15(16)20(9-10-20)19(22)21-18(14-8-12-24-13-14)17-7-4-11-25-17/h2-8,11-13,18H,9-10H2,1H3,(H,21,22)/t18-/m0/s1. The number of thiophene rings is 2. The van der Waals surface area contributed by atoms with Crippen LogP contribution >= 0.6 is 22.7 Å². The molecule has 128 valence electrons. The molecule has 0 radical (unpaired) electrons. The molecular formula is C20H19NO2S2. The molecule has 1 N–H and O–H groups in total. The van der Waals surface area contributed by atoms with Gasteiger partial charge in [-0.25, -0.2) is 0 Å². The van der Waals surface area contributed by atoms with Gasteiger partial charge in [-0.1, -0.05) is 24.3 Å². The number of amides is 1. The van der Waals surface area contributed by atoms with Crippen LogP contribution in [-0.2, 0) is 10.2 Å². The maximum Gasteiger partial charge on any atom is 0.231 e. The summed E-state index contributed by atoms with van der Waals surface area (Å²) in [6.45, 7) is 0. The van der Waals surface area contributed by atoms with Gasteiger partial charge in [0.2, 0.25) is 5.91 Å². The maximum absolute atomic E-state index is 13.2. The van der Waals surface area contributed by atoms with Crippen molar-refractivity contribution in [3.05, 3.63) is 74.6 Å². The van der Waals surface area contributed by atoms with Crippen molar-refractivity contribution in [1.29, 1.82) is 0 Å². The van der Waals surface area contributed by atoms with Crippen molar-refractivity contribution in [3.8, 4) is 5.75 Å². The highest BCUT2D eigenvalue weighted by Gasteiger charge is 2.53. The van der Waals surface area contributed by atoms with E-state index in [1.54, 1.807) is 29.8 Å². The molecule has 1 aliphatic carbocycles. The van der Waals surface area contributed by atoms with Crippen molar-refractivity contribution in [2.45, 2.75) is 24.3 Å². The van der Waals surface area contributed by atoms with E-state index in [9.17, 15) is 4.79 Å². The van der Waals surface area contributed by atoms with Gasteiger partial charge in [0.1, 0.15) is 5.75 Å². The van der Waals surface area contributed by atoms with E-state index in [4.69, 9.17) is 4.74 Å². The molecule has 0 unspecified atom stereocenters. The van der Waals surface area contributed by atoms with E-state index in [0.717, 1.165) is 34.6 Å². The summed E-state index contributed by atoms with van der Waals surface area (Å²) in [7, 11) is 1.66. The molecule has 1 fully saturated rings. The fourth-order valence-electron chi connectivity index (χ4n) is 3.27. The van der Waals surface area contributed by atoms with Crippen molar-refractivity contribution in [2.24, 2.45) is 0 Å². The molecule has 1 amide bonds. The van der Waals surface area contributed by atoms with Gasteiger partial charge in [-0.05, 0) is 52.7 Å². The van der Waals surface area contributed by atoms with Crippen LogP contribution in [0.1, 0.15) is 34.9 Å². The molecule has 4 rings (SSSR count). The quantitative estimate of drug-likeness (QED) is 0.680. The first-order valence-electron chi connectivity index (χ1n) is 8.24. The third-order valence-corrected chi connectivity index (χ3v) is 6.43. The summed E-state index contributed by atoms with van der Waals surface area (Å²) >= 11 is 3.32. The first kappa shape index (κ1) is 16.4. The van der Waals surface area contributed by atoms with Crippen LogP contribution in [0.2, 0.25) is 0 Å². The third kappa shape index (κ3) is 2.98. The predicted octanol–water partition coefficient (Wildman–Crippen LogP) is 4.76. The topological polar surface area (TPSA) is 38.3 Å². The average molecular weight is 370 g/mol. The summed E-state index contributed by atoms with van der Waals surface area (Å²) in [5.41, 5.74) is 1.67. The Hall–Kier alpha value is -2.11. The van der Waals surface area contributed by atoms with Crippen LogP contribution < -0.4 is 10.1 Å². The molecule has 2 aromatic heterocycles. The highest BCUT2D eigenvalue weighted by atomic mass is 32.1. The molecule has 2 heterocycles. The van der Waals surface area contributed by atoms with E-state index >= 15 is 0 Å². The second-order valence-corrected chi connectivity index (χ2v) is 8.02. The van der Waals surface area contributed by atoms with Gasteiger partial charge in [-0.15, -0.1) is 11.3 Å². The number of para-hydroxylation sites is 1. The zero-order valence-corrected chi connectivity index (χ0v) is 15.5. The minimum absolute atomic E-state index is 0.0848. The van der Waals surface area contributed by atoms with E-state index < -0.39 is 5.41 Å². The Labute approximate surface area is 155 Å². The van der Waals surface area contributed by atoms with Crippen LogP contribution in [0.15, 0.2) is 58.6 Å². The van der Waals surface area contributed by atoms with Crippen LogP contribution in [0.5, 0.6) is 5.75 Å². The van der Waals surface area contributed by atoms with Crippen LogP contribution in [0.4, 0.5) is 0 Å². The number of rotatable bonds is 6. The van der Waals surface area contributed by atoms with Crippen molar-refractivity contribution in [2.75, 3.05) is 7.11 Å². The Balaban J connectivity index is 1.64. The second kappa shape index (κ2) is 6.65. The first-order chi connectivity index (χ1) is 12.2. The Morgan fingerprint density at radius 2 is 2.00 bits per heavy atom. The highest BCUT2D eigenvalue weighted by molar-refractivity contribution is 7.10. The molecule has 1 aromatic carbocycles. The van der Waals surface area contributed by atoms with Crippen LogP contribution in [0.3, 0.4) is 0 Å². The summed E-state index contributed by atoms with van der Waals surface area (Å²) in [6.07, 6.45) is 1.72. The summed E-state index contributed by atoms with van der Waals surface area (Å²) in [5, 5.41) is 9.50. The molecule has 3 nitrogen and oxygen atoms in total. The first-order valence-corrected chi connectivity index (χ1v) is 10.1. The van der Waals surface area contributed by atoms with Crippen molar-refractivity contribution in [3.63, 3.8) is 0 Å². The zero-order chi connectivity index (χ0) is 17.3. The molecule has 1 atom stereocenters. The molecule has 3 aromatic rings. The van der Waals surface area contributed by atoms with Gasteiger partial charge in [-0.2, -0.15) is 11.3 Å². The molecule has 0 aliphatic heterocycles. The highest BCUT2D eigenvalue weighted by Crippen LogP contribution is 2.52. The van der Waals surface area contributed by atoms with Crippen LogP contribution in [0, 0.1) is 0 Å². The van der Waals surface area contributed by atoms with E-state index in [-0.39, 0.29) is 11.9 Å². The molecular weight excluding hydrogens is 350 g/mol. The van der Waals surface area contributed by atoms with E-state index in [1.165, 1.54) is 0 Å².